The topological polar surface area (TPSA) is 29.1 Å². The van der Waals surface area contributed by atoms with Gasteiger partial charge in [0, 0.05) is 21.4 Å². The Morgan fingerprint density at radius 2 is 1.63 bits per heavy atom. The lowest BCUT2D eigenvalue weighted by atomic mass is 10.2. The number of hydrogen-bond donors (Lipinski definition) is 1. The van der Waals surface area contributed by atoms with E-state index in [-0.39, 0.29) is 5.69 Å². The molecule has 19 heavy (non-hydrogen) atoms. The van der Waals surface area contributed by atoms with Gasteiger partial charge >= 0.3 is 0 Å². The third-order valence-corrected chi connectivity index (χ3v) is 3.30. The van der Waals surface area contributed by atoms with Gasteiger partial charge in [0.2, 0.25) is 0 Å². The smallest absolute Gasteiger partial charge is 0.256 e. The van der Waals surface area contributed by atoms with E-state index in [4.69, 9.17) is 0 Å². The molecular weight excluding hydrogens is 370 g/mol. The summed E-state index contributed by atoms with van der Waals surface area (Å²) in [5.74, 6) is -4.78. The van der Waals surface area contributed by atoms with E-state index in [1.165, 1.54) is 0 Å². The molecule has 0 fully saturated rings. The van der Waals surface area contributed by atoms with Crippen molar-refractivity contribution in [1.29, 1.82) is 0 Å². The Morgan fingerprint density at radius 1 is 1.05 bits per heavy atom. The second-order valence-corrected chi connectivity index (χ2v) is 4.85. The molecule has 0 aliphatic carbocycles. The van der Waals surface area contributed by atoms with Crippen molar-refractivity contribution in [3.63, 3.8) is 0 Å². The van der Waals surface area contributed by atoms with Crippen molar-refractivity contribution in [2.45, 2.75) is 0 Å². The van der Waals surface area contributed by atoms with Crippen LogP contribution in [0, 0.1) is 21.0 Å². The summed E-state index contributed by atoms with van der Waals surface area (Å²) in [6.45, 7) is 0. The number of amides is 1. The van der Waals surface area contributed by atoms with Crippen LogP contribution in [0.25, 0.3) is 0 Å². The van der Waals surface area contributed by atoms with Crippen LogP contribution in [0.1, 0.15) is 10.4 Å². The van der Waals surface area contributed by atoms with Crippen LogP contribution in [-0.2, 0) is 0 Å². The molecule has 0 saturated heterocycles. The summed E-state index contributed by atoms with van der Waals surface area (Å²) in [4.78, 5) is 11.9. The first-order valence-electron chi connectivity index (χ1n) is 5.19. The maximum Gasteiger partial charge on any atom is 0.256 e. The molecule has 1 amide bonds. The van der Waals surface area contributed by atoms with Gasteiger partial charge in [-0.25, -0.2) is 13.2 Å². The molecular formula is C13H7F3INO. The Balaban J connectivity index is 2.27. The van der Waals surface area contributed by atoms with Gasteiger partial charge in [0.25, 0.3) is 5.91 Å². The molecule has 0 unspecified atom stereocenters. The molecule has 0 saturated carbocycles. The largest absolute Gasteiger partial charge is 0.322 e. The zero-order chi connectivity index (χ0) is 14.0. The summed E-state index contributed by atoms with van der Waals surface area (Å²) in [5.41, 5.74) is 0.231. The van der Waals surface area contributed by atoms with Crippen molar-refractivity contribution in [2.75, 3.05) is 5.32 Å². The van der Waals surface area contributed by atoms with Crippen molar-refractivity contribution in [1.82, 2.24) is 0 Å². The van der Waals surface area contributed by atoms with Gasteiger partial charge < -0.3 is 5.32 Å². The molecule has 0 bridgehead atoms. The predicted molar refractivity (Wildman–Crippen MR) is 73.4 cm³/mol. The van der Waals surface area contributed by atoms with Crippen molar-refractivity contribution >= 4 is 34.2 Å². The Kier molecular flexibility index (Phi) is 4.08. The number of benzene rings is 2. The number of carbonyl (C=O) groups is 1. The lowest BCUT2D eigenvalue weighted by molar-refractivity contribution is 0.102. The molecule has 2 rings (SSSR count). The summed E-state index contributed by atoms with van der Waals surface area (Å²) in [6.07, 6.45) is 0. The summed E-state index contributed by atoms with van der Waals surface area (Å²) in [5, 5.41) is 2.32. The minimum absolute atomic E-state index is 0.138. The van der Waals surface area contributed by atoms with E-state index in [9.17, 15) is 18.0 Å². The Labute approximate surface area is 120 Å². The maximum atomic E-state index is 13.0. The first-order chi connectivity index (χ1) is 8.99. The second-order valence-electron chi connectivity index (χ2n) is 3.69. The van der Waals surface area contributed by atoms with Gasteiger partial charge in [-0.05, 0) is 34.7 Å². The van der Waals surface area contributed by atoms with E-state index < -0.39 is 23.4 Å². The minimum Gasteiger partial charge on any atom is -0.322 e. The molecule has 0 radical (unpaired) electrons. The lowest BCUT2D eigenvalue weighted by Gasteiger charge is -2.07. The van der Waals surface area contributed by atoms with Crippen LogP contribution in [0.2, 0.25) is 0 Å². The molecule has 6 heteroatoms. The number of halogens is 4. The van der Waals surface area contributed by atoms with Crippen molar-refractivity contribution in [3.8, 4) is 0 Å². The summed E-state index contributed by atoms with van der Waals surface area (Å²) in [7, 11) is 0. The van der Waals surface area contributed by atoms with Gasteiger partial charge in [-0.15, -0.1) is 0 Å². The van der Waals surface area contributed by atoms with Crippen LogP contribution in [0.15, 0.2) is 36.4 Å². The number of hydrogen-bond acceptors (Lipinski definition) is 1. The molecule has 0 heterocycles. The van der Waals surface area contributed by atoms with Gasteiger partial charge in [-0.1, -0.05) is 12.1 Å². The van der Waals surface area contributed by atoms with Crippen LogP contribution in [-0.4, -0.2) is 5.91 Å². The minimum atomic E-state index is -1.56. The quantitative estimate of drug-likeness (QED) is 0.623. The van der Waals surface area contributed by atoms with Crippen LogP contribution in [0.3, 0.4) is 0 Å². The number of carbonyl (C=O) groups excluding carboxylic acids is 1. The molecule has 0 spiro atoms. The normalized spacial score (nSPS) is 10.3. The van der Waals surface area contributed by atoms with Gasteiger partial charge in [0.1, 0.15) is 0 Å². The standard InChI is InChI=1S/C13H7F3INO/c14-9-5-7(6-10(15)12(9)16)18-13(19)8-3-1-2-4-11(8)17/h1-6H,(H,18,19). The molecule has 2 aromatic rings. The Hall–Kier alpha value is -1.57. The van der Waals surface area contributed by atoms with Crippen molar-refractivity contribution < 1.29 is 18.0 Å². The van der Waals surface area contributed by atoms with Gasteiger partial charge in [0.15, 0.2) is 17.5 Å². The average Bonchev–Trinajstić information content (AvgIpc) is 2.36. The fourth-order valence-corrected chi connectivity index (χ4v) is 2.10. The first kappa shape index (κ1) is 13.9. The molecule has 1 N–H and O–H groups in total. The molecule has 0 aromatic heterocycles. The Morgan fingerprint density at radius 3 is 2.21 bits per heavy atom. The van der Waals surface area contributed by atoms with Crippen LogP contribution in [0.5, 0.6) is 0 Å². The summed E-state index contributed by atoms with van der Waals surface area (Å²) >= 11 is 1.97. The third kappa shape index (κ3) is 3.06. The molecule has 0 aliphatic heterocycles. The van der Waals surface area contributed by atoms with Crippen LogP contribution < -0.4 is 5.32 Å². The molecule has 2 nitrogen and oxygen atoms in total. The fourth-order valence-electron chi connectivity index (χ4n) is 1.47. The van der Waals surface area contributed by atoms with Gasteiger partial charge in [-0.3, -0.25) is 4.79 Å². The lowest BCUT2D eigenvalue weighted by Crippen LogP contribution is -2.14. The van der Waals surface area contributed by atoms with Crippen molar-refractivity contribution in [3.05, 3.63) is 63.0 Å². The fraction of sp³-hybridized carbons (Fsp3) is 0. The number of rotatable bonds is 2. The van der Waals surface area contributed by atoms with Crippen LogP contribution >= 0.6 is 22.6 Å². The zero-order valence-electron chi connectivity index (χ0n) is 9.38. The highest BCUT2D eigenvalue weighted by Crippen LogP contribution is 2.19. The number of nitrogens with one attached hydrogen (secondary N) is 1. The average molecular weight is 377 g/mol. The number of anilines is 1. The second kappa shape index (κ2) is 5.60. The summed E-state index contributed by atoms with van der Waals surface area (Å²) < 4.78 is 39.5. The first-order valence-corrected chi connectivity index (χ1v) is 6.27. The predicted octanol–water partition coefficient (Wildman–Crippen LogP) is 3.96. The van der Waals surface area contributed by atoms with Crippen molar-refractivity contribution in [2.24, 2.45) is 0 Å². The summed E-state index contributed by atoms with van der Waals surface area (Å²) in [6, 6.07) is 8.19. The maximum absolute atomic E-state index is 13.0. The SMILES string of the molecule is O=C(Nc1cc(F)c(F)c(F)c1)c1ccccc1I. The Bertz CT molecular complexity index is 623. The van der Waals surface area contributed by atoms with Crippen LogP contribution in [0.4, 0.5) is 18.9 Å². The highest BCUT2D eigenvalue weighted by Gasteiger charge is 2.14. The molecule has 0 atom stereocenters. The van der Waals surface area contributed by atoms with E-state index in [0.717, 1.165) is 12.1 Å². The van der Waals surface area contributed by atoms with E-state index in [2.05, 4.69) is 5.32 Å². The van der Waals surface area contributed by atoms with E-state index in [1.54, 1.807) is 24.3 Å². The van der Waals surface area contributed by atoms with Gasteiger partial charge in [-0.2, -0.15) is 0 Å². The van der Waals surface area contributed by atoms with Gasteiger partial charge in [0.05, 0.1) is 5.56 Å². The van der Waals surface area contributed by atoms with E-state index >= 15 is 0 Å². The highest BCUT2D eigenvalue weighted by molar-refractivity contribution is 14.1. The monoisotopic (exact) mass is 377 g/mol. The molecule has 0 aliphatic rings. The highest BCUT2D eigenvalue weighted by atomic mass is 127. The zero-order valence-corrected chi connectivity index (χ0v) is 11.5. The van der Waals surface area contributed by atoms with E-state index in [1.807, 2.05) is 22.6 Å². The molecule has 98 valence electrons. The third-order valence-electron chi connectivity index (χ3n) is 2.36. The van der Waals surface area contributed by atoms with E-state index in [0.29, 0.717) is 9.13 Å². The molecule has 2 aromatic carbocycles.